The number of carbonyl (C=O) groups is 2. The molecule has 0 unspecified atom stereocenters. The molecule has 0 aliphatic carbocycles. The Morgan fingerprint density at radius 2 is 1.92 bits per heavy atom. The molecule has 7 nitrogen and oxygen atoms in total. The van der Waals surface area contributed by atoms with Gasteiger partial charge in [-0.3, -0.25) is 14.6 Å². The summed E-state index contributed by atoms with van der Waals surface area (Å²) in [5.41, 5.74) is 0.928. The lowest BCUT2D eigenvalue weighted by Crippen LogP contribution is -2.49. The van der Waals surface area contributed by atoms with Gasteiger partial charge >= 0.3 is 0 Å². The topological polar surface area (TPSA) is 78.4 Å². The molecule has 0 bridgehead atoms. The highest BCUT2D eigenvalue weighted by Gasteiger charge is 2.37. The Labute approximate surface area is 203 Å². The van der Waals surface area contributed by atoms with E-state index in [1.807, 2.05) is 0 Å². The van der Waals surface area contributed by atoms with E-state index in [2.05, 4.69) is 15.3 Å². The maximum absolute atomic E-state index is 15.5. The number of alkyl halides is 3. The summed E-state index contributed by atoms with van der Waals surface area (Å²) in [4.78, 5) is 37.4. The summed E-state index contributed by atoms with van der Waals surface area (Å²) in [5.74, 6) is -2.61. The van der Waals surface area contributed by atoms with E-state index in [9.17, 15) is 22.8 Å². The van der Waals surface area contributed by atoms with Crippen molar-refractivity contribution in [3.63, 3.8) is 0 Å². The first-order valence-electron chi connectivity index (χ1n) is 11.3. The third-order valence-corrected chi connectivity index (χ3v) is 6.30. The number of anilines is 3. The third kappa shape index (κ3) is 4.25. The van der Waals surface area contributed by atoms with Crippen molar-refractivity contribution in [1.29, 1.82) is 0 Å². The summed E-state index contributed by atoms with van der Waals surface area (Å²) in [6, 6.07) is 9.76. The van der Waals surface area contributed by atoms with Crippen LogP contribution < -0.4 is 15.1 Å². The SMILES string of the molecule is C[C@H]1C(=O)N(CC(=O)Nc2ccc(C(F)F)cc2)c2cc(N3CC(F)C3)nc(F)c2-c2cccnc21. The average molecular weight is 499 g/mol. The van der Waals surface area contributed by atoms with E-state index in [4.69, 9.17) is 0 Å². The molecule has 186 valence electrons. The maximum atomic E-state index is 15.5. The Kier molecular flexibility index (Phi) is 6.07. The molecule has 1 atom stereocenters. The molecule has 1 aromatic carbocycles. The number of halogens is 4. The van der Waals surface area contributed by atoms with Crippen molar-refractivity contribution in [2.45, 2.75) is 25.4 Å². The van der Waals surface area contributed by atoms with Crippen molar-refractivity contribution < 1.29 is 27.2 Å². The van der Waals surface area contributed by atoms with Crippen LogP contribution in [-0.2, 0) is 9.59 Å². The average Bonchev–Trinajstić information content (AvgIpc) is 2.92. The van der Waals surface area contributed by atoms with Gasteiger partial charge in [-0.1, -0.05) is 18.2 Å². The number of hydrogen-bond acceptors (Lipinski definition) is 5. The molecule has 3 aromatic rings. The Bertz CT molecular complexity index is 1330. The summed E-state index contributed by atoms with van der Waals surface area (Å²) in [7, 11) is 0. The van der Waals surface area contributed by atoms with E-state index < -0.39 is 42.8 Å². The molecule has 2 aromatic heterocycles. The van der Waals surface area contributed by atoms with Gasteiger partial charge in [-0.05, 0) is 25.1 Å². The number of amides is 2. The molecule has 0 radical (unpaired) electrons. The zero-order valence-electron chi connectivity index (χ0n) is 19.1. The van der Waals surface area contributed by atoms with Gasteiger partial charge in [-0.15, -0.1) is 0 Å². The number of benzene rings is 1. The molecule has 0 spiro atoms. The van der Waals surface area contributed by atoms with Gasteiger partial charge in [-0.25, -0.2) is 18.2 Å². The van der Waals surface area contributed by atoms with E-state index in [0.29, 0.717) is 11.3 Å². The number of pyridine rings is 2. The molecule has 11 heteroatoms. The molecule has 1 saturated heterocycles. The van der Waals surface area contributed by atoms with E-state index in [-0.39, 0.29) is 41.4 Å². The summed E-state index contributed by atoms with van der Waals surface area (Å²) in [6.45, 7) is 1.23. The van der Waals surface area contributed by atoms with Gasteiger partial charge in [0.05, 0.1) is 36.0 Å². The molecular weight excluding hydrogens is 478 g/mol. The van der Waals surface area contributed by atoms with E-state index in [1.165, 1.54) is 36.5 Å². The van der Waals surface area contributed by atoms with Crippen LogP contribution in [0.25, 0.3) is 11.1 Å². The van der Waals surface area contributed by atoms with Crippen LogP contribution in [0.1, 0.15) is 30.5 Å². The highest BCUT2D eigenvalue weighted by atomic mass is 19.3. The number of carbonyl (C=O) groups excluding carboxylic acids is 2. The summed E-state index contributed by atoms with van der Waals surface area (Å²) >= 11 is 0. The molecule has 2 amide bonds. The fourth-order valence-corrected chi connectivity index (χ4v) is 4.39. The van der Waals surface area contributed by atoms with Gasteiger partial charge < -0.3 is 15.1 Å². The van der Waals surface area contributed by atoms with Gasteiger partial charge in [0.1, 0.15) is 18.5 Å². The van der Waals surface area contributed by atoms with Gasteiger partial charge in [0, 0.05) is 29.1 Å². The minimum Gasteiger partial charge on any atom is -0.350 e. The number of hydrogen-bond donors (Lipinski definition) is 1. The summed E-state index contributed by atoms with van der Waals surface area (Å²) in [6.07, 6.45) is -2.21. The van der Waals surface area contributed by atoms with Crippen LogP contribution in [0.5, 0.6) is 0 Å². The predicted molar refractivity (Wildman–Crippen MR) is 125 cm³/mol. The number of nitrogens with zero attached hydrogens (tertiary/aromatic N) is 4. The lowest BCUT2D eigenvalue weighted by atomic mass is 9.98. The largest absolute Gasteiger partial charge is 0.350 e. The first-order chi connectivity index (χ1) is 17.2. The van der Waals surface area contributed by atoms with Crippen LogP contribution >= 0.6 is 0 Å². The highest BCUT2D eigenvalue weighted by Crippen LogP contribution is 2.43. The van der Waals surface area contributed by atoms with Crippen LogP contribution in [-0.4, -0.2) is 47.6 Å². The molecule has 5 rings (SSSR count). The van der Waals surface area contributed by atoms with Crippen molar-refractivity contribution in [3.05, 3.63) is 65.9 Å². The second-order valence-corrected chi connectivity index (χ2v) is 8.72. The van der Waals surface area contributed by atoms with E-state index in [0.717, 1.165) is 4.90 Å². The second-order valence-electron chi connectivity index (χ2n) is 8.72. The van der Waals surface area contributed by atoms with Crippen LogP contribution in [0, 0.1) is 5.95 Å². The molecule has 0 saturated carbocycles. The molecule has 36 heavy (non-hydrogen) atoms. The van der Waals surface area contributed by atoms with Crippen LogP contribution in [0.15, 0.2) is 48.7 Å². The Morgan fingerprint density at radius 1 is 1.19 bits per heavy atom. The fourth-order valence-electron chi connectivity index (χ4n) is 4.39. The first-order valence-corrected chi connectivity index (χ1v) is 11.3. The van der Waals surface area contributed by atoms with Gasteiger partial charge in [-0.2, -0.15) is 4.39 Å². The molecule has 1 fully saturated rings. The van der Waals surface area contributed by atoms with Gasteiger partial charge in [0.25, 0.3) is 6.43 Å². The van der Waals surface area contributed by atoms with Crippen molar-refractivity contribution in [3.8, 4) is 11.1 Å². The standard InChI is InChI=1S/C25H21F4N5O2/c1-13-22-17(3-2-8-30-22)21-18(9-19(32-24(21)29)33-10-15(26)11-33)34(25(13)36)12-20(35)31-16-6-4-14(5-7-16)23(27)28/h2-9,13,15,23H,10-12H2,1H3,(H,31,35)/t13-/m1/s1. The quantitative estimate of drug-likeness (QED) is 0.414. The first kappa shape index (κ1) is 23.7. The van der Waals surface area contributed by atoms with E-state index in [1.54, 1.807) is 24.0 Å². The summed E-state index contributed by atoms with van der Waals surface area (Å²) in [5, 5.41) is 2.58. The van der Waals surface area contributed by atoms with Crippen molar-refractivity contribution in [2.24, 2.45) is 0 Å². The van der Waals surface area contributed by atoms with Gasteiger partial charge in [0.2, 0.25) is 17.8 Å². The monoisotopic (exact) mass is 499 g/mol. The maximum Gasteiger partial charge on any atom is 0.263 e. The van der Waals surface area contributed by atoms with Crippen LogP contribution in [0.3, 0.4) is 0 Å². The second kappa shape index (κ2) is 9.21. The lowest BCUT2D eigenvalue weighted by Gasteiger charge is -2.36. The number of fused-ring (bicyclic) bond motifs is 3. The highest BCUT2D eigenvalue weighted by molar-refractivity contribution is 6.09. The van der Waals surface area contributed by atoms with Crippen molar-refractivity contribution in [1.82, 2.24) is 9.97 Å². The smallest absolute Gasteiger partial charge is 0.263 e. The minimum absolute atomic E-state index is 0.0194. The van der Waals surface area contributed by atoms with Crippen molar-refractivity contribution >= 4 is 29.0 Å². The third-order valence-electron chi connectivity index (χ3n) is 6.30. The molecule has 1 N–H and O–H groups in total. The molecule has 2 aliphatic rings. The van der Waals surface area contributed by atoms with E-state index >= 15 is 4.39 Å². The summed E-state index contributed by atoms with van der Waals surface area (Å²) < 4.78 is 54.6. The molecular formula is C25H21F4N5O2. The Balaban J connectivity index is 1.52. The van der Waals surface area contributed by atoms with Gasteiger partial charge in [0.15, 0.2) is 0 Å². The molecule has 4 heterocycles. The fraction of sp³-hybridized carbons (Fsp3) is 0.280. The zero-order chi connectivity index (χ0) is 25.6. The van der Waals surface area contributed by atoms with Crippen LogP contribution in [0.4, 0.5) is 34.8 Å². The number of nitrogens with one attached hydrogen (secondary N) is 1. The minimum atomic E-state index is -2.64. The Hall–Kier alpha value is -4.02. The van der Waals surface area contributed by atoms with Crippen molar-refractivity contribution in [2.75, 3.05) is 34.8 Å². The molecule has 2 aliphatic heterocycles. The lowest BCUT2D eigenvalue weighted by molar-refractivity contribution is -0.122. The van der Waals surface area contributed by atoms with Crippen LogP contribution in [0.2, 0.25) is 0 Å². The zero-order valence-corrected chi connectivity index (χ0v) is 19.1. The normalized spacial score (nSPS) is 17.4. The number of aromatic nitrogens is 2. The predicted octanol–water partition coefficient (Wildman–Crippen LogP) is 4.47. The number of rotatable bonds is 5. The Morgan fingerprint density at radius 3 is 2.58 bits per heavy atom.